The first-order valence-corrected chi connectivity index (χ1v) is 6.94. The van der Waals surface area contributed by atoms with Gasteiger partial charge in [-0.2, -0.15) is 0 Å². The van der Waals surface area contributed by atoms with Crippen LogP contribution < -0.4 is 5.32 Å². The summed E-state index contributed by atoms with van der Waals surface area (Å²) in [6, 6.07) is 0.854. The largest absolute Gasteiger partial charge is 0.383 e. The molecule has 0 saturated carbocycles. The number of hydrogen-bond acceptors (Lipinski definition) is 4. The molecule has 1 rings (SSSR count). The lowest BCUT2D eigenvalue weighted by Crippen LogP contribution is -2.31. The van der Waals surface area contributed by atoms with Crippen molar-refractivity contribution < 1.29 is 4.74 Å². The highest BCUT2D eigenvalue weighted by Crippen LogP contribution is 2.15. The summed E-state index contributed by atoms with van der Waals surface area (Å²) >= 11 is 0. The Morgan fingerprint density at radius 2 is 2.11 bits per heavy atom. The molecule has 1 N–H and O–H groups in total. The molecule has 19 heavy (non-hydrogen) atoms. The summed E-state index contributed by atoms with van der Waals surface area (Å²) in [6.07, 6.45) is 2.07. The summed E-state index contributed by atoms with van der Waals surface area (Å²) in [6.45, 7) is 11.1. The molecule has 0 saturated heterocycles. The summed E-state index contributed by atoms with van der Waals surface area (Å²) in [5, 5.41) is 3.41. The molecule has 0 fully saturated rings. The predicted octanol–water partition coefficient (Wildman–Crippen LogP) is 2.15. The third-order valence-corrected chi connectivity index (χ3v) is 3.36. The topological polar surface area (TPSA) is 42.3 Å². The van der Waals surface area contributed by atoms with Crippen molar-refractivity contribution in [1.29, 1.82) is 0 Å². The van der Waals surface area contributed by atoms with Crippen molar-refractivity contribution in [3.63, 3.8) is 0 Å². The quantitative estimate of drug-likeness (QED) is 0.784. The molecule has 0 amide bonds. The van der Waals surface area contributed by atoms with Gasteiger partial charge in [0.25, 0.3) is 0 Å². The van der Waals surface area contributed by atoms with Crippen LogP contribution in [-0.2, 0) is 4.74 Å². The molecule has 5 heteroatoms. The van der Waals surface area contributed by atoms with Gasteiger partial charge in [0.1, 0.15) is 0 Å². The molecular weight excluding hydrogens is 240 g/mol. The van der Waals surface area contributed by atoms with Gasteiger partial charge in [0.2, 0.25) is 5.95 Å². The van der Waals surface area contributed by atoms with Crippen LogP contribution in [0.15, 0.2) is 6.20 Å². The zero-order valence-corrected chi connectivity index (χ0v) is 13.1. The zero-order chi connectivity index (χ0) is 14.4. The van der Waals surface area contributed by atoms with Crippen molar-refractivity contribution in [2.45, 2.75) is 39.8 Å². The molecule has 1 aromatic rings. The average Bonchev–Trinajstić information content (AvgIpc) is 2.70. The Morgan fingerprint density at radius 3 is 2.68 bits per heavy atom. The number of ether oxygens (including phenoxy) is 1. The number of nitrogens with one attached hydrogen (secondary N) is 1. The van der Waals surface area contributed by atoms with Crippen LogP contribution in [0.25, 0.3) is 0 Å². The number of hydrogen-bond donors (Lipinski definition) is 1. The number of aromatic nitrogens is 2. The SMILES string of the molecule is COCC(C)n1cc(C)nc1NCCN(C)C(C)C. The molecule has 0 bridgehead atoms. The standard InChI is InChI=1S/C14H28N4O/c1-11(2)17(5)8-7-15-14-16-12(3)9-18(14)13(4)10-19-6/h9,11,13H,7-8,10H2,1-6H3,(H,15,16). The summed E-state index contributed by atoms with van der Waals surface area (Å²) < 4.78 is 7.36. The van der Waals surface area contributed by atoms with Crippen molar-refractivity contribution in [3.05, 3.63) is 11.9 Å². The number of anilines is 1. The Morgan fingerprint density at radius 1 is 1.42 bits per heavy atom. The normalized spacial score (nSPS) is 13.3. The lowest BCUT2D eigenvalue weighted by molar-refractivity contribution is 0.163. The van der Waals surface area contributed by atoms with Crippen LogP contribution in [-0.4, -0.2) is 54.3 Å². The van der Waals surface area contributed by atoms with Gasteiger partial charge in [-0.1, -0.05) is 0 Å². The van der Waals surface area contributed by atoms with Crippen molar-refractivity contribution in [2.75, 3.05) is 39.2 Å². The van der Waals surface area contributed by atoms with E-state index in [4.69, 9.17) is 4.74 Å². The van der Waals surface area contributed by atoms with Crippen LogP contribution in [0, 0.1) is 6.92 Å². The maximum Gasteiger partial charge on any atom is 0.203 e. The highest BCUT2D eigenvalue weighted by atomic mass is 16.5. The number of aryl methyl sites for hydroxylation is 1. The summed E-state index contributed by atoms with van der Waals surface area (Å²) in [5.41, 5.74) is 1.03. The third-order valence-electron chi connectivity index (χ3n) is 3.36. The first-order valence-electron chi connectivity index (χ1n) is 6.94. The maximum atomic E-state index is 5.21. The zero-order valence-electron chi connectivity index (χ0n) is 13.1. The molecule has 110 valence electrons. The fourth-order valence-electron chi connectivity index (χ4n) is 1.91. The Kier molecular flexibility index (Phi) is 6.31. The highest BCUT2D eigenvalue weighted by molar-refractivity contribution is 5.29. The minimum Gasteiger partial charge on any atom is -0.383 e. The number of likely N-dealkylation sites (N-methyl/N-ethyl adjacent to an activating group) is 1. The van der Waals surface area contributed by atoms with Crippen LogP contribution in [0.4, 0.5) is 5.95 Å². The van der Waals surface area contributed by atoms with Crippen LogP contribution in [0.3, 0.4) is 0 Å². The van der Waals surface area contributed by atoms with E-state index in [0.717, 1.165) is 24.7 Å². The molecule has 0 aromatic carbocycles. The second kappa shape index (κ2) is 7.50. The minimum atomic E-state index is 0.288. The van der Waals surface area contributed by atoms with E-state index in [9.17, 15) is 0 Å². The Hall–Kier alpha value is -1.07. The Bertz CT molecular complexity index is 376. The van der Waals surface area contributed by atoms with Gasteiger partial charge in [0.05, 0.1) is 18.3 Å². The van der Waals surface area contributed by atoms with Crippen LogP contribution in [0.1, 0.15) is 32.5 Å². The predicted molar refractivity (Wildman–Crippen MR) is 79.8 cm³/mol. The van der Waals surface area contributed by atoms with E-state index in [2.05, 4.69) is 53.8 Å². The molecule has 0 aliphatic carbocycles. The second-order valence-corrected chi connectivity index (χ2v) is 5.42. The van der Waals surface area contributed by atoms with Gasteiger partial charge in [-0.05, 0) is 34.7 Å². The van der Waals surface area contributed by atoms with Crippen LogP contribution in [0.2, 0.25) is 0 Å². The number of imidazole rings is 1. The number of rotatable bonds is 8. The van der Waals surface area contributed by atoms with Gasteiger partial charge in [-0.3, -0.25) is 0 Å². The molecule has 1 atom stereocenters. The van der Waals surface area contributed by atoms with Crippen molar-refractivity contribution in [3.8, 4) is 0 Å². The molecule has 1 heterocycles. The number of nitrogens with zero attached hydrogens (tertiary/aromatic N) is 3. The van der Waals surface area contributed by atoms with Gasteiger partial charge in [-0.25, -0.2) is 4.98 Å². The molecular formula is C14H28N4O. The van der Waals surface area contributed by atoms with Gasteiger partial charge in [0.15, 0.2) is 0 Å². The van der Waals surface area contributed by atoms with Crippen molar-refractivity contribution in [1.82, 2.24) is 14.5 Å². The van der Waals surface area contributed by atoms with E-state index in [-0.39, 0.29) is 6.04 Å². The van der Waals surface area contributed by atoms with E-state index in [0.29, 0.717) is 12.6 Å². The number of methoxy groups -OCH3 is 1. The Labute approximate surface area is 117 Å². The first kappa shape index (κ1) is 16.0. The monoisotopic (exact) mass is 268 g/mol. The van der Waals surface area contributed by atoms with Crippen molar-refractivity contribution in [2.24, 2.45) is 0 Å². The third kappa shape index (κ3) is 4.84. The highest BCUT2D eigenvalue weighted by Gasteiger charge is 2.11. The van der Waals surface area contributed by atoms with E-state index >= 15 is 0 Å². The first-order chi connectivity index (χ1) is 8.95. The van der Waals surface area contributed by atoms with E-state index < -0.39 is 0 Å². The smallest absolute Gasteiger partial charge is 0.203 e. The lowest BCUT2D eigenvalue weighted by Gasteiger charge is -2.22. The molecule has 0 spiro atoms. The van der Waals surface area contributed by atoms with Gasteiger partial charge in [-0.15, -0.1) is 0 Å². The van der Waals surface area contributed by atoms with Gasteiger partial charge < -0.3 is 19.5 Å². The lowest BCUT2D eigenvalue weighted by atomic mass is 10.3. The van der Waals surface area contributed by atoms with Gasteiger partial charge >= 0.3 is 0 Å². The minimum absolute atomic E-state index is 0.288. The molecule has 1 aromatic heterocycles. The second-order valence-electron chi connectivity index (χ2n) is 5.42. The summed E-state index contributed by atoms with van der Waals surface area (Å²) in [7, 11) is 3.86. The molecule has 1 unspecified atom stereocenters. The average molecular weight is 268 g/mol. The fraction of sp³-hybridized carbons (Fsp3) is 0.786. The van der Waals surface area contributed by atoms with E-state index in [1.807, 2.05) is 6.92 Å². The molecule has 5 nitrogen and oxygen atoms in total. The fourth-order valence-corrected chi connectivity index (χ4v) is 1.91. The van der Waals surface area contributed by atoms with Gasteiger partial charge in [0, 0.05) is 32.4 Å². The molecule has 0 radical (unpaired) electrons. The summed E-state index contributed by atoms with van der Waals surface area (Å²) in [5.74, 6) is 0.930. The molecule has 0 aliphatic heterocycles. The summed E-state index contributed by atoms with van der Waals surface area (Å²) in [4.78, 5) is 6.84. The van der Waals surface area contributed by atoms with Crippen molar-refractivity contribution >= 4 is 5.95 Å². The van der Waals surface area contributed by atoms with E-state index in [1.54, 1.807) is 7.11 Å². The molecule has 0 aliphatic rings. The maximum absolute atomic E-state index is 5.21. The Balaban J connectivity index is 2.58. The van der Waals surface area contributed by atoms with E-state index in [1.165, 1.54) is 0 Å². The van der Waals surface area contributed by atoms with Crippen LogP contribution in [0.5, 0.6) is 0 Å². The van der Waals surface area contributed by atoms with Crippen LogP contribution >= 0.6 is 0 Å².